The Balaban J connectivity index is 1.24. The number of benzene rings is 7. The van der Waals surface area contributed by atoms with Gasteiger partial charge in [-0.15, -0.1) is 0 Å². The number of hydrogen-bond acceptors (Lipinski definition) is 1. The molecule has 0 spiro atoms. The standard InChI is InChI=1S/C40H28N2/c1-3-11-29(12-4-1)30-19-21-34(22-20-30)41(33-15-5-2-6-16-33)35-23-25-36(26-24-35)42-39-18-10-9-17-37(39)38-27-31-13-7-8-14-32(31)28-40(38)42/h1-28H. The molecule has 0 aliphatic heterocycles. The van der Waals surface area contributed by atoms with Crippen molar-refractivity contribution in [3.05, 3.63) is 170 Å². The molecule has 2 heteroatoms. The van der Waals surface area contributed by atoms with Crippen LogP contribution >= 0.6 is 0 Å². The Hall–Kier alpha value is -5.60. The van der Waals surface area contributed by atoms with Crippen LogP contribution in [0.5, 0.6) is 0 Å². The van der Waals surface area contributed by atoms with Crippen molar-refractivity contribution in [1.82, 2.24) is 4.57 Å². The third kappa shape index (κ3) is 4.13. The van der Waals surface area contributed by atoms with E-state index in [1.807, 2.05) is 0 Å². The van der Waals surface area contributed by atoms with Crippen LogP contribution in [0.3, 0.4) is 0 Å². The quantitative estimate of drug-likeness (QED) is 0.212. The van der Waals surface area contributed by atoms with E-state index in [2.05, 4.69) is 179 Å². The number of para-hydroxylation sites is 2. The molecular formula is C40H28N2. The Morgan fingerprint density at radius 3 is 1.60 bits per heavy atom. The average Bonchev–Trinajstić information content (AvgIpc) is 3.38. The summed E-state index contributed by atoms with van der Waals surface area (Å²) in [5.74, 6) is 0. The van der Waals surface area contributed by atoms with E-state index in [0.29, 0.717) is 0 Å². The predicted molar refractivity (Wildman–Crippen MR) is 178 cm³/mol. The van der Waals surface area contributed by atoms with Gasteiger partial charge >= 0.3 is 0 Å². The van der Waals surface area contributed by atoms with Crippen LogP contribution in [0, 0.1) is 0 Å². The minimum Gasteiger partial charge on any atom is -0.311 e. The Labute approximate surface area is 245 Å². The van der Waals surface area contributed by atoms with Gasteiger partial charge in [0.15, 0.2) is 0 Å². The highest BCUT2D eigenvalue weighted by Crippen LogP contribution is 2.38. The second-order valence-corrected chi connectivity index (χ2v) is 10.7. The fourth-order valence-electron chi connectivity index (χ4n) is 6.14. The van der Waals surface area contributed by atoms with Crippen molar-refractivity contribution < 1.29 is 0 Å². The van der Waals surface area contributed by atoms with Crippen LogP contribution in [0.2, 0.25) is 0 Å². The van der Waals surface area contributed by atoms with Crippen molar-refractivity contribution in [1.29, 1.82) is 0 Å². The summed E-state index contributed by atoms with van der Waals surface area (Å²) in [6.07, 6.45) is 0. The van der Waals surface area contributed by atoms with Gasteiger partial charge in [-0.1, -0.05) is 103 Å². The molecule has 1 heterocycles. The smallest absolute Gasteiger partial charge is 0.0547 e. The Morgan fingerprint density at radius 2 is 0.881 bits per heavy atom. The summed E-state index contributed by atoms with van der Waals surface area (Å²) in [6.45, 7) is 0. The molecule has 198 valence electrons. The zero-order valence-electron chi connectivity index (χ0n) is 23.1. The summed E-state index contributed by atoms with van der Waals surface area (Å²) in [4.78, 5) is 2.32. The van der Waals surface area contributed by atoms with Crippen molar-refractivity contribution >= 4 is 49.6 Å². The fraction of sp³-hybridized carbons (Fsp3) is 0. The van der Waals surface area contributed by atoms with E-state index in [0.717, 1.165) is 22.7 Å². The molecule has 0 radical (unpaired) electrons. The number of anilines is 3. The fourth-order valence-corrected chi connectivity index (χ4v) is 6.14. The lowest BCUT2D eigenvalue weighted by Crippen LogP contribution is -2.10. The first-order valence-electron chi connectivity index (χ1n) is 14.4. The number of rotatable bonds is 5. The van der Waals surface area contributed by atoms with E-state index in [4.69, 9.17) is 0 Å². The van der Waals surface area contributed by atoms with Gasteiger partial charge in [-0.3, -0.25) is 0 Å². The van der Waals surface area contributed by atoms with Gasteiger partial charge < -0.3 is 9.47 Å². The molecule has 8 rings (SSSR count). The molecule has 0 N–H and O–H groups in total. The molecule has 0 unspecified atom stereocenters. The van der Waals surface area contributed by atoms with E-state index < -0.39 is 0 Å². The highest BCUT2D eigenvalue weighted by molar-refractivity contribution is 6.13. The molecule has 0 saturated carbocycles. The lowest BCUT2D eigenvalue weighted by molar-refractivity contribution is 1.17. The van der Waals surface area contributed by atoms with Crippen LogP contribution in [0.25, 0.3) is 49.4 Å². The van der Waals surface area contributed by atoms with Gasteiger partial charge in [0.1, 0.15) is 0 Å². The SMILES string of the molecule is c1ccc(-c2ccc(N(c3ccccc3)c3ccc(-n4c5ccccc5c5cc6ccccc6cc54)cc3)cc2)cc1. The second-order valence-electron chi connectivity index (χ2n) is 10.7. The minimum atomic E-state index is 1.11. The average molecular weight is 537 g/mol. The van der Waals surface area contributed by atoms with E-state index in [-0.39, 0.29) is 0 Å². The number of fused-ring (bicyclic) bond motifs is 4. The van der Waals surface area contributed by atoms with Gasteiger partial charge in [0, 0.05) is 33.5 Å². The third-order valence-corrected chi connectivity index (χ3v) is 8.15. The molecule has 0 aliphatic carbocycles. The maximum absolute atomic E-state index is 2.39. The van der Waals surface area contributed by atoms with Crippen LogP contribution < -0.4 is 4.90 Å². The zero-order chi connectivity index (χ0) is 27.9. The number of aromatic nitrogens is 1. The molecule has 8 aromatic rings. The summed E-state index contributed by atoms with van der Waals surface area (Å²) in [6, 6.07) is 60.9. The minimum absolute atomic E-state index is 1.11. The molecule has 0 amide bonds. The van der Waals surface area contributed by atoms with Crippen LogP contribution in [-0.2, 0) is 0 Å². The molecule has 0 bridgehead atoms. The van der Waals surface area contributed by atoms with Crippen LogP contribution in [-0.4, -0.2) is 4.57 Å². The second kappa shape index (κ2) is 10.1. The molecule has 0 saturated heterocycles. The maximum Gasteiger partial charge on any atom is 0.0547 e. The number of nitrogens with zero attached hydrogens (tertiary/aromatic N) is 2. The molecule has 2 nitrogen and oxygen atoms in total. The first kappa shape index (κ1) is 24.2. The first-order chi connectivity index (χ1) is 20.8. The highest BCUT2D eigenvalue weighted by Gasteiger charge is 2.16. The molecule has 1 aromatic heterocycles. The predicted octanol–water partition coefficient (Wildman–Crippen LogP) is 11.1. The lowest BCUT2D eigenvalue weighted by atomic mass is 10.0. The molecule has 7 aromatic carbocycles. The third-order valence-electron chi connectivity index (χ3n) is 8.15. The van der Waals surface area contributed by atoms with E-state index >= 15 is 0 Å². The van der Waals surface area contributed by atoms with Crippen molar-refractivity contribution in [2.24, 2.45) is 0 Å². The Kier molecular flexibility index (Phi) is 5.82. The van der Waals surface area contributed by atoms with Crippen LogP contribution in [0.15, 0.2) is 170 Å². The van der Waals surface area contributed by atoms with E-state index in [1.54, 1.807) is 0 Å². The Bertz CT molecular complexity index is 2160. The Morgan fingerprint density at radius 1 is 0.357 bits per heavy atom. The van der Waals surface area contributed by atoms with E-state index in [9.17, 15) is 0 Å². The summed E-state index contributed by atoms with van der Waals surface area (Å²) < 4.78 is 2.39. The summed E-state index contributed by atoms with van der Waals surface area (Å²) in [7, 11) is 0. The van der Waals surface area contributed by atoms with Gasteiger partial charge in [0.25, 0.3) is 0 Å². The molecular weight excluding hydrogens is 508 g/mol. The first-order valence-corrected chi connectivity index (χ1v) is 14.4. The van der Waals surface area contributed by atoms with Crippen molar-refractivity contribution in [3.8, 4) is 16.8 Å². The molecule has 0 fully saturated rings. The van der Waals surface area contributed by atoms with Crippen molar-refractivity contribution in [2.75, 3.05) is 4.90 Å². The van der Waals surface area contributed by atoms with Crippen molar-refractivity contribution in [2.45, 2.75) is 0 Å². The lowest BCUT2D eigenvalue weighted by Gasteiger charge is -2.26. The summed E-state index contributed by atoms with van der Waals surface area (Å²) in [5, 5.41) is 5.06. The van der Waals surface area contributed by atoms with Crippen LogP contribution in [0.4, 0.5) is 17.1 Å². The largest absolute Gasteiger partial charge is 0.311 e. The molecule has 42 heavy (non-hydrogen) atoms. The highest BCUT2D eigenvalue weighted by atomic mass is 15.1. The van der Waals surface area contributed by atoms with Gasteiger partial charge in [-0.2, -0.15) is 0 Å². The van der Waals surface area contributed by atoms with Crippen LogP contribution in [0.1, 0.15) is 0 Å². The maximum atomic E-state index is 2.39. The summed E-state index contributed by atoms with van der Waals surface area (Å²) >= 11 is 0. The van der Waals surface area contributed by atoms with Gasteiger partial charge in [-0.05, 0) is 88.6 Å². The van der Waals surface area contributed by atoms with Gasteiger partial charge in [0.05, 0.1) is 11.0 Å². The van der Waals surface area contributed by atoms with Crippen molar-refractivity contribution in [3.63, 3.8) is 0 Å². The zero-order valence-corrected chi connectivity index (χ0v) is 23.1. The summed E-state index contributed by atoms with van der Waals surface area (Å²) in [5.41, 5.74) is 9.38. The van der Waals surface area contributed by atoms with Gasteiger partial charge in [-0.25, -0.2) is 0 Å². The molecule has 0 atom stereocenters. The van der Waals surface area contributed by atoms with Gasteiger partial charge in [0.2, 0.25) is 0 Å². The monoisotopic (exact) mass is 536 g/mol. The van der Waals surface area contributed by atoms with E-state index in [1.165, 1.54) is 43.7 Å². The normalized spacial score (nSPS) is 11.3. The molecule has 0 aliphatic rings. The topological polar surface area (TPSA) is 8.17 Å². The number of hydrogen-bond donors (Lipinski definition) is 0.